The molecule has 0 aromatic rings. The zero-order valence-electron chi connectivity index (χ0n) is 49.1. The molecule has 0 aliphatic heterocycles. The summed E-state index contributed by atoms with van der Waals surface area (Å²) in [4.78, 5) is 37.7. The van der Waals surface area contributed by atoms with Crippen LogP contribution >= 0.6 is 7.82 Å². The molecule has 0 saturated carbocycles. The van der Waals surface area contributed by atoms with Crippen molar-refractivity contribution in [2.45, 2.75) is 315 Å². The molecule has 1 amide bonds. The standard InChI is InChI=1S/C63H121N2O7P/c1-7-10-13-16-19-22-25-28-30-32-34-37-40-43-46-49-52-55-62(66)64-60(59-71-73(68,69)70-58-57-65(4,5)6)61(54-51-48-45-42-39-36-27-24-21-18-15-12-9-3)72-63(67)56-53-50-47-44-41-38-35-33-31-29-26-23-20-17-14-11-8-2/h20,23,29,31,51,54,60-61H,7-19,21-22,24-28,30,32-50,52-53,55-59H2,1-6H3,(H-,64,66,68,69)/p+1/b23-20-,31-29-,54-51+. The first-order valence-corrected chi connectivity index (χ1v) is 32.8. The van der Waals surface area contributed by atoms with Crippen molar-refractivity contribution in [1.29, 1.82) is 0 Å². The molecule has 0 bridgehead atoms. The lowest BCUT2D eigenvalue weighted by Crippen LogP contribution is -2.47. The highest BCUT2D eigenvalue weighted by Crippen LogP contribution is 2.43. The van der Waals surface area contributed by atoms with Gasteiger partial charge in [0.15, 0.2) is 0 Å². The summed E-state index contributed by atoms with van der Waals surface area (Å²) in [5, 5.41) is 3.06. The number of nitrogens with zero attached hydrogens (tertiary/aromatic N) is 1. The van der Waals surface area contributed by atoms with Crippen molar-refractivity contribution in [1.82, 2.24) is 5.32 Å². The molecule has 0 radical (unpaired) electrons. The highest BCUT2D eigenvalue weighted by atomic mass is 31.2. The van der Waals surface area contributed by atoms with E-state index in [2.05, 4.69) is 50.4 Å². The highest BCUT2D eigenvalue weighted by Gasteiger charge is 2.30. The largest absolute Gasteiger partial charge is 0.472 e. The first kappa shape index (κ1) is 71.2. The van der Waals surface area contributed by atoms with Crippen LogP contribution in [-0.2, 0) is 27.9 Å². The normalized spacial score (nSPS) is 13.9. The van der Waals surface area contributed by atoms with Crippen molar-refractivity contribution in [2.75, 3.05) is 40.9 Å². The van der Waals surface area contributed by atoms with Gasteiger partial charge in [-0.2, -0.15) is 0 Å². The number of esters is 1. The number of ether oxygens (including phenoxy) is 1. The molecule has 9 nitrogen and oxygen atoms in total. The number of phosphoric ester groups is 1. The fraction of sp³-hybridized carbons (Fsp3) is 0.873. The van der Waals surface area contributed by atoms with Gasteiger partial charge < -0.3 is 19.4 Å². The van der Waals surface area contributed by atoms with Crippen LogP contribution in [-0.4, -0.2) is 74.3 Å². The molecule has 0 aliphatic rings. The summed E-state index contributed by atoms with van der Waals surface area (Å²) in [6, 6.07) is -0.847. The Bertz CT molecular complexity index is 1350. The van der Waals surface area contributed by atoms with Crippen molar-refractivity contribution >= 4 is 19.7 Å². The zero-order valence-corrected chi connectivity index (χ0v) is 50.0. The third-order valence-electron chi connectivity index (χ3n) is 14.1. The lowest BCUT2D eigenvalue weighted by molar-refractivity contribution is -0.870. The van der Waals surface area contributed by atoms with Crippen LogP contribution in [0, 0.1) is 0 Å². The van der Waals surface area contributed by atoms with E-state index in [0.29, 0.717) is 17.4 Å². The minimum Gasteiger partial charge on any atom is -0.456 e. The van der Waals surface area contributed by atoms with Crippen LogP contribution < -0.4 is 5.32 Å². The molecule has 0 aromatic carbocycles. The van der Waals surface area contributed by atoms with Crippen molar-refractivity contribution < 1.29 is 37.3 Å². The second kappa shape index (κ2) is 53.6. The van der Waals surface area contributed by atoms with Gasteiger partial charge in [0.2, 0.25) is 5.91 Å². The Labute approximate surface area is 453 Å². The summed E-state index contributed by atoms with van der Waals surface area (Å²) in [6.45, 7) is 7.02. The van der Waals surface area contributed by atoms with Gasteiger partial charge >= 0.3 is 13.8 Å². The summed E-state index contributed by atoms with van der Waals surface area (Å²) in [5.74, 6) is -0.500. The van der Waals surface area contributed by atoms with Crippen LogP contribution in [0.15, 0.2) is 36.5 Å². The Hall–Kier alpha value is -1.77. The van der Waals surface area contributed by atoms with Crippen molar-refractivity contribution in [3.05, 3.63) is 36.5 Å². The second-order valence-corrected chi connectivity index (χ2v) is 24.0. The first-order chi connectivity index (χ1) is 35.4. The topological polar surface area (TPSA) is 111 Å². The fourth-order valence-electron chi connectivity index (χ4n) is 9.21. The van der Waals surface area contributed by atoms with E-state index in [-0.39, 0.29) is 31.5 Å². The predicted molar refractivity (Wildman–Crippen MR) is 314 cm³/mol. The van der Waals surface area contributed by atoms with E-state index in [1.54, 1.807) is 0 Å². The van der Waals surface area contributed by atoms with Crippen molar-refractivity contribution in [2.24, 2.45) is 0 Å². The number of nitrogens with one attached hydrogen (secondary N) is 1. The number of hydrogen-bond acceptors (Lipinski definition) is 6. The molecule has 10 heteroatoms. The lowest BCUT2D eigenvalue weighted by Gasteiger charge is -2.27. The summed E-state index contributed by atoms with van der Waals surface area (Å²) in [7, 11) is 1.50. The van der Waals surface area contributed by atoms with Gasteiger partial charge in [0.05, 0.1) is 33.8 Å². The van der Waals surface area contributed by atoms with Crippen LogP contribution in [0.4, 0.5) is 0 Å². The Morgan fingerprint density at radius 1 is 0.479 bits per heavy atom. The summed E-state index contributed by atoms with van der Waals surface area (Å²) in [5.41, 5.74) is 0. The van der Waals surface area contributed by atoms with Crippen molar-refractivity contribution in [3.8, 4) is 0 Å². The number of phosphoric acid groups is 1. The Morgan fingerprint density at radius 3 is 1.26 bits per heavy atom. The van der Waals surface area contributed by atoms with Crippen LogP contribution in [0.5, 0.6) is 0 Å². The molecule has 3 unspecified atom stereocenters. The minimum atomic E-state index is -4.45. The smallest absolute Gasteiger partial charge is 0.456 e. The Morgan fingerprint density at radius 2 is 0.836 bits per heavy atom. The Balaban J connectivity index is 5.28. The predicted octanol–water partition coefficient (Wildman–Crippen LogP) is 19.1. The molecule has 73 heavy (non-hydrogen) atoms. The third-order valence-corrected chi connectivity index (χ3v) is 15.1. The third kappa shape index (κ3) is 54.8. The number of likely N-dealkylation sites (N-methyl/N-ethyl adjacent to an activating group) is 1. The highest BCUT2D eigenvalue weighted by molar-refractivity contribution is 7.47. The van der Waals surface area contributed by atoms with Crippen molar-refractivity contribution in [3.63, 3.8) is 0 Å². The molecule has 2 N–H and O–H groups in total. The number of rotatable bonds is 57. The van der Waals surface area contributed by atoms with Gasteiger partial charge in [-0.05, 0) is 63.9 Å². The number of carbonyl (C=O) groups excluding carboxylic acids is 2. The van der Waals surface area contributed by atoms with E-state index in [0.717, 1.165) is 77.0 Å². The summed E-state index contributed by atoms with van der Waals surface area (Å²) in [6.07, 6.45) is 64.1. The summed E-state index contributed by atoms with van der Waals surface area (Å²) < 4.78 is 30.7. The lowest BCUT2D eigenvalue weighted by atomic mass is 10.0. The monoisotopic (exact) mass is 1050 g/mol. The minimum absolute atomic E-state index is 0.0413. The summed E-state index contributed by atoms with van der Waals surface area (Å²) >= 11 is 0. The quantitative estimate of drug-likeness (QED) is 0.0205. The fourth-order valence-corrected chi connectivity index (χ4v) is 9.94. The maximum Gasteiger partial charge on any atom is 0.472 e. The van der Waals surface area contributed by atoms with E-state index in [1.165, 1.54) is 193 Å². The SMILES string of the molecule is CCCCC/C=C\C/C=C\CCCCCCCCCC(=O)OC(/C=C/CCCCCCCCCCCCC)C(COP(=O)(O)OCC[N+](C)(C)C)NC(=O)CCCCCCCCCCCCCCCCCCC. The molecule has 0 spiro atoms. The van der Waals surface area contributed by atoms with Crippen LogP contribution in [0.3, 0.4) is 0 Å². The number of hydrogen-bond donors (Lipinski definition) is 2. The number of carbonyl (C=O) groups is 2. The molecule has 0 rings (SSSR count). The maximum atomic E-state index is 13.5. The maximum absolute atomic E-state index is 13.5. The average Bonchev–Trinajstić information content (AvgIpc) is 3.35. The van der Waals surface area contributed by atoms with Gasteiger partial charge in [-0.1, -0.05) is 263 Å². The number of unbranched alkanes of at least 4 members (excludes halogenated alkanes) is 37. The van der Waals surface area contributed by atoms with Gasteiger partial charge in [0, 0.05) is 12.8 Å². The molecule has 0 fully saturated rings. The second-order valence-electron chi connectivity index (χ2n) is 22.6. The number of quaternary nitrogens is 1. The van der Waals surface area contributed by atoms with Crippen LogP contribution in [0.1, 0.15) is 303 Å². The van der Waals surface area contributed by atoms with E-state index in [1.807, 2.05) is 33.3 Å². The van der Waals surface area contributed by atoms with Gasteiger partial charge in [-0.25, -0.2) is 4.57 Å². The molecule has 0 aliphatic carbocycles. The molecular formula is C63H122N2O7P+. The molecule has 0 heterocycles. The molecule has 0 saturated heterocycles. The van der Waals surface area contributed by atoms with Crippen LogP contribution in [0.25, 0.3) is 0 Å². The molecule has 430 valence electrons. The van der Waals surface area contributed by atoms with Gasteiger partial charge in [0.25, 0.3) is 0 Å². The van der Waals surface area contributed by atoms with Gasteiger partial charge in [-0.15, -0.1) is 0 Å². The Kier molecular flexibility index (Phi) is 52.3. The average molecular weight is 1050 g/mol. The van der Waals surface area contributed by atoms with Gasteiger partial charge in [0.1, 0.15) is 19.3 Å². The van der Waals surface area contributed by atoms with E-state index >= 15 is 0 Å². The van der Waals surface area contributed by atoms with E-state index in [9.17, 15) is 19.0 Å². The molecule has 3 atom stereocenters. The first-order valence-electron chi connectivity index (χ1n) is 31.3. The molecule has 0 aromatic heterocycles. The number of allylic oxidation sites excluding steroid dienone is 5. The number of amides is 1. The van der Waals surface area contributed by atoms with E-state index in [4.69, 9.17) is 13.8 Å². The molecular weight excluding hydrogens is 928 g/mol. The van der Waals surface area contributed by atoms with Crippen LogP contribution in [0.2, 0.25) is 0 Å². The zero-order chi connectivity index (χ0) is 53.6. The van der Waals surface area contributed by atoms with E-state index < -0.39 is 20.0 Å². The van der Waals surface area contributed by atoms with Gasteiger partial charge in [-0.3, -0.25) is 18.6 Å².